The molecule has 0 saturated carbocycles. The lowest BCUT2D eigenvalue weighted by atomic mass is 10.2. The average molecular weight is 364 g/mol. The summed E-state index contributed by atoms with van der Waals surface area (Å²) in [5, 5.41) is 5.21. The number of benzene rings is 1. The third kappa shape index (κ3) is 7.42. The molecule has 1 aromatic rings. The molecule has 1 aromatic carbocycles. The first-order valence-corrected chi connectivity index (χ1v) is 8.39. The number of ether oxygens (including phenoxy) is 1. The Bertz CT molecular complexity index is 614. The highest BCUT2D eigenvalue weighted by Gasteiger charge is 2.20. The molecule has 0 spiro atoms. The highest BCUT2D eigenvalue weighted by Crippen LogP contribution is 2.14. The summed E-state index contributed by atoms with van der Waals surface area (Å²) in [6.07, 6.45) is 0. The van der Waals surface area contributed by atoms with E-state index in [9.17, 15) is 14.4 Å². The fourth-order valence-electron chi connectivity index (χ4n) is 2.22. The number of anilines is 1. The SMILES string of the molecule is COc1ccc(NC(=O)CNC(=O)CN(CC(C)C)C(=O)N(C)C)cc1. The van der Waals surface area contributed by atoms with Crippen molar-refractivity contribution in [3.63, 3.8) is 0 Å². The van der Waals surface area contributed by atoms with E-state index in [1.165, 1.54) is 9.80 Å². The molecule has 0 saturated heterocycles. The van der Waals surface area contributed by atoms with Crippen LogP contribution >= 0.6 is 0 Å². The van der Waals surface area contributed by atoms with Crippen molar-refractivity contribution >= 4 is 23.5 Å². The maximum absolute atomic E-state index is 12.1. The van der Waals surface area contributed by atoms with Crippen molar-refractivity contribution in [3.05, 3.63) is 24.3 Å². The van der Waals surface area contributed by atoms with E-state index in [-0.39, 0.29) is 36.9 Å². The Morgan fingerprint density at radius 1 is 1.08 bits per heavy atom. The fraction of sp³-hybridized carbons (Fsp3) is 0.500. The Balaban J connectivity index is 2.49. The molecule has 0 aliphatic heterocycles. The molecule has 0 radical (unpaired) electrons. The fourth-order valence-corrected chi connectivity index (χ4v) is 2.22. The predicted molar refractivity (Wildman–Crippen MR) is 100 cm³/mol. The van der Waals surface area contributed by atoms with Crippen LogP contribution in [0.5, 0.6) is 5.75 Å². The lowest BCUT2D eigenvalue weighted by Crippen LogP contribution is -2.47. The molecule has 4 amide bonds. The topological polar surface area (TPSA) is 91.0 Å². The van der Waals surface area contributed by atoms with Crippen LogP contribution in [0.15, 0.2) is 24.3 Å². The number of carbonyl (C=O) groups excluding carboxylic acids is 3. The van der Waals surface area contributed by atoms with Gasteiger partial charge in [-0.3, -0.25) is 9.59 Å². The largest absolute Gasteiger partial charge is 0.497 e. The second-order valence-corrected chi connectivity index (χ2v) is 6.50. The second-order valence-electron chi connectivity index (χ2n) is 6.50. The molecule has 0 atom stereocenters. The standard InChI is InChI=1S/C18H28N4O4/c1-13(2)11-22(18(25)21(3)4)12-17(24)19-10-16(23)20-14-6-8-15(26-5)9-7-14/h6-9,13H,10-12H2,1-5H3,(H,19,24)(H,20,23). The molecule has 144 valence electrons. The van der Waals surface area contributed by atoms with Gasteiger partial charge in [0.15, 0.2) is 0 Å². The van der Waals surface area contributed by atoms with Gasteiger partial charge in [0.05, 0.1) is 13.7 Å². The van der Waals surface area contributed by atoms with E-state index in [0.29, 0.717) is 18.0 Å². The number of nitrogens with zero attached hydrogens (tertiary/aromatic N) is 2. The zero-order chi connectivity index (χ0) is 19.7. The van der Waals surface area contributed by atoms with Crippen LogP contribution in [0.4, 0.5) is 10.5 Å². The molecule has 0 unspecified atom stereocenters. The summed E-state index contributed by atoms with van der Waals surface area (Å²) in [6.45, 7) is 4.14. The van der Waals surface area contributed by atoms with Gasteiger partial charge in [-0.1, -0.05) is 13.8 Å². The lowest BCUT2D eigenvalue weighted by Gasteiger charge is -2.27. The van der Waals surface area contributed by atoms with Crippen molar-refractivity contribution in [1.29, 1.82) is 0 Å². The van der Waals surface area contributed by atoms with Crippen molar-refractivity contribution in [2.45, 2.75) is 13.8 Å². The van der Waals surface area contributed by atoms with E-state index in [4.69, 9.17) is 4.74 Å². The molecule has 2 N–H and O–H groups in total. The monoisotopic (exact) mass is 364 g/mol. The Hall–Kier alpha value is -2.77. The van der Waals surface area contributed by atoms with Crippen molar-refractivity contribution in [3.8, 4) is 5.75 Å². The normalized spacial score (nSPS) is 10.2. The van der Waals surface area contributed by atoms with Crippen LogP contribution in [0.1, 0.15) is 13.8 Å². The number of hydrogen-bond acceptors (Lipinski definition) is 4. The third-order valence-corrected chi connectivity index (χ3v) is 3.39. The molecule has 0 aromatic heterocycles. The molecule has 0 aliphatic carbocycles. The number of amides is 4. The van der Waals surface area contributed by atoms with Crippen LogP contribution in [0.3, 0.4) is 0 Å². The van der Waals surface area contributed by atoms with Crippen molar-refractivity contribution in [2.75, 3.05) is 46.2 Å². The van der Waals surface area contributed by atoms with Gasteiger partial charge in [-0.2, -0.15) is 0 Å². The van der Waals surface area contributed by atoms with Gasteiger partial charge in [0, 0.05) is 26.3 Å². The Morgan fingerprint density at radius 3 is 2.19 bits per heavy atom. The quantitative estimate of drug-likeness (QED) is 0.729. The second kappa shape index (κ2) is 10.3. The van der Waals surface area contributed by atoms with E-state index >= 15 is 0 Å². The number of rotatable bonds is 8. The zero-order valence-corrected chi connectivity index (χ0v) is 16.0. The molecule has 8 nitrogen and oxygen atoms in total. The van der Waals surface area contributed by atoms with Gasteiger partial charge in [0.1, 0.15) is 12.3 Å². The van der Waals surface area contributed by atoms with Crippen LogP contribution in [-0.4, -0.2) is 68.5 Å². The highest BCUT2D eigenvalue weighted by molar-refractivity contribution is 5.95. The molecule has 0 fully saturated rings. The molecular weight excluding hydrogens is 336 g/mol. The molecule has 0 heterocycles. The Kier molecular flexibility index (Phi) is 8.41. The van der Waals surface area contributed by atoms with Crippen LogP contribution < -0.4 is 15.4 Å². The van der Waals surface area contributed by atoms with Crippen LogP contribution in [0, 0.1) is 5.92 Å². The van der Waals surface area contributed by atoms with Gasteiger partial charge in [0.25, 0.3) is 0 Å². The van der Waals surface area contributed by atoms with E-state index < -0.39 is 0 Å². The molecule has 8 heteroatoms. The van der Waals surface area contributed by atoms with Crippen LogP contribution in [0.2, 0.25) is 0 Å². The van der Waals surface area contributed by atoms with Crippen LogP contribution in [-0.2, 0) is 9.59 Å². The first-order chi connectivity index (χ1) is 12.2. The van der Waals surface area contributed by atoms with Crippen molar-refractivity contribution < 1.29 is 19.1 Å². The van der Waals surface area contributed by atoms with Crippen molar-refractivity contribution in [1.82, 2.24) is 15.1 Å². The smallest absolute Gasteiger partial charge is 0.319 e. The molecular formula is C18H28N4O4. The number of methoxy groups -OCH3 is 1. The Morgan fingerprint density at radius 2 is 1.69 bits per heavy atom. The number of urea groups is 1. The maximum Gasteiger partial charge on any atom is 0.319 e. The first kappa shape index (κ1) is 21.3. The molecule has 26 heavy (non-hydrogen) atoms. The number of nitrogens with one attached hydrogen (secondary N) is 2. The maximum atomic E-state index is 12.1. The minimum Gasteiger partial charge on any atom is -0.497 e. The lowest BCUT2D eigenvalue weighted by molar-refractivity contribution is -0.124. The minimum absolute atomic E-state index is 0.0923. The first-order valence-electron chi connectivity index (χ1n) is 8.39. The predicted octanol–water partition coefficient (Wildman–Crippen LogP) is 1.39. The van der Waals surface area contributed by atoms with Crippen LogP contribution in [0.25, 0.3) is 0 Å². The van der Waals surface area contributed by atoms with Gasteiger partial charge in [0.2, 0.25) is 11.8 Å². The van der Waals surface area contributed by atoms with Gasteiger partial charge in [-0.25, -0.2) is 4.79 Å². The third-order valence-electron chi connectivity index (χ3n) is 3.39. The summed E-state index contributed by atoms with van der Waals surface area (Å²) in [6, 6.07) is 6.63. The minimum atomic E-state index is -0.384. The van der Waals surface area contributed by atoms with Gasteiger partial charge in [-0.15, -0.1) is 0 Å². The van der Waals surface area contributed by atoms with Gasteiger partial charge in [-0.05, 0) is 30.2 Å². The Labute approximate surface area is 154 Å². The van der Waals surface area contributed by atoms with Crippen molar-refractivity contribution in [2.24, 2.45) is 5.92 Å². The summed E-state index contributed by atoms with van der Waals surface area (Å²) in [4.78, 5) is 39.0. The summed E-state index contributed by atoms with van der Waals surface area (Å²) in [7, 11) is 4.83. The molecule has 1 rings (SSSR count). The zero-order valence-electron chi connectivity index (χ0n) is 16.0. The highest BCUT2D eigenvalue weighted by atomic mass is 16.5. The van der Waals surface area contributed by atoms with E-state index in [2.05, 4.69) is 10.6 Å². The van der Waals surface area contributed by atoms with Gasteiger partial charge < -0.3 is 25.2 Å². The van der Waals surface area contributed by atoms with Gasteiger partial charge >= 0.3 is 6.03 Å². The number of carbonyl (C=O) groups is 3. The van der Waals surface area contributed by atoms with E-state index in [1.54, 1.807) is 45.5 Å². The molecule has 0 bridgehead atoms. The molecule has 0 aliphatic rings. The van der Waals surface area contributed by atoms with E-state index in [1.807, 2.05) is 13.8 Å². The number of hydrogen-bond donors (Lipinski definition) is 2. The average Bonchev–Trinajstić information content (AvgIpc) is 2.59. The van der Waals surface area contributed by atoms with E-state index in [0.717, 1.165) is 0 Å². The summed E-state index contributed by atoms with van der Waals surface area (Å²) >= 11 is 0. The summed E-state index contributed by atoms with van der Waals surface area (Å²) in [5.74, 6) is 0.181. The summed E-state index contributed by atoms with van der Waals surface area (Å²) < 4.78 is 5.05. The summed E-state index contributed by atoms with van der Waals surface area (Å²) in [5.41, 5.74) is 0.606.